The predicted molar refractivity (Wildman–Crippen MR) is 161 cm³/mol. The highest BCUT2D eigenvalue weighted by atomic mass is 19.1. The van der Waals surface area contributed by atoms with Gasteiger partial charge in [0.05, 0.1) is 11.8 Å². The topological polar surface area (TPSA) is 117 Å². The van der Waals surface area contributed by atoms with Crippen molar-refractivity contribution in [2.75, 3.05) is 4.90 Å². The Labute approximate surface area is 248 Å². The molecule has 222 valence electrons. The van der Waals surface area contributed by atoms with Crippen molar-refractivity contribution < 1.29 is 24.2 Å². The second kappa shape index (κ2) is 12.0. The largest absolute Gasteiger partial charge is 0.488 e. The van der Waals surface area contributed by atoms with Crippen LogP contribution in [-0.4, -0.2) is 49.6 Å². The molecule has 2 aliphatic rings. The first-order valence-electron chi connectivity index (χ1n) is 14.3. The Kier molecular flexibility index (Phi) is 7.94. The molecular formula is C32H33FN6O4. The van der Waals surface area contributed by atoms with Gasteiger partial charge in [0.1, 0.15) is 6.33 Å². The SMILES string of the molecule is CCCC1=C(Cc2ccc(-c3ccccc3C3=NC(O)ON3)cc2)C(O)N(c2ccc(OC(C)C)c(F)c2)c2ncnn21. The first kappa shape index (κ1) is 28.5. The number of ether oxygens (including phenoxy) is 1. The Balaban J connectivity index is 1.33. The molecule has 0 spiro atoms. The van der Waals surface area contributed by atoms with E-state index in [2.05, 4.69) is 27.5 Å². The van der Waals surface area contributed by atoms with E-state index >= 15 is 4.39 Å². The number of benzene rings is 3. The fraction of sp³-hybridized carbons (Fsp3) is 0.281. The number of nitrogens with zero attached hydrogens (tertiary/aromatic N) is 5. The number of aliphatic hydroxyl groups is 2. The second-order valence-corrected chi connectivity index (χ2v) is 10.7. The van der Waals surface area contributed by atoms with Gasteiger partial charge < -0.3 is 14.9 Å². The molecule has 0 amide bonds. The van der Waals surface area contributed by atoms with E-state index < -0.39 is 18.5 Å². The van der Waals surface area contributed by atoms with Crippen LogP contribution >= 0.6 is 0 Å². The summed E-state index contributed by atoms with van der Waals surface area (Å²) in [7, 11) is 0. The van der Waals surface area contributed by atoms with E-state index in [1.54, 1.807) is 21.7 Å². The van der Waals surface area contributed by atoms with Gasteiger partial charge in [0.15, 0.2) is 23.6 Å². The quantitative estimate of drug-likeness (QED) is 0.247. The molecule has 3 N–H and O–H groups in total. The highest BCUT2D eigenvalue weighted by Crippen LogP contribution is 2.39. The summed E-state index contributed by atoms with van der Waals surface area (Å²) in [5.41, 5.74) is 8.40. The molecule has 0 aliphatic carbocycles. The molecule has 0 saturated carbocycles. The smallest absolute Gasteiger partial charge is 0.280 e. The molecular weight excluding hydrogens is 551 g/mol. The zero-order valence-corrected chi connectivity index (χ0v) is 24.1. The van der Waals surface area contributed by atoms with Crippen LogP contribution in [0.1, 0.15) is 44.7 Å². The van der Waals surface area contributed by atoms with Crippen LogP contribution in [0.5, 0.6) is 5.75 Å². The van der Waals surface area contributed by atoms with Gasteiger partial charge in [-0.05, 0) is 55.5 Å². The van der Waals surface area contributed by atoms with Gasteiger partial charge in [-0.3, -0.25) is 4.90 Å². The van der Waals surface area contributed by atoms with Crippen molar-refractivity contribution in [3.63, 3.8) is 0 Å². The van der Waals surface area contributed by atoms with Crippen molar-refractivity contribution in [2.24, 2.45) is 4.99 Å². The zero-order chi connectivity index (χ0) is 30.1. The van der Waals surface area contributed by atoms with Crippen molar-refractivity contribution in [1.29, 1.82) is 0 Å². The summed E-state index contributed by atoms with van der Waals surface area (Å²) in [6.45, 7) is 5.75. The molecule has 1 aromatic heterocycles. The lowest BCUT2D eigenvalue weighted by atomic mass is 9.94. The number of aromatic nitrogens is 3. The number of rotatable bonds is 9. The number of anilines is 2. The Morgan fingerprint density at radius 2 is 1.81 bits per heavy atom. The second-order valence-electron chi connectivity index (χ2n) is 10.7. The summed E-state index contributed by atoms with van der Waals surface area (Å²) in [5, 5.41) is 25.9. The number of hydrogen-bond acceptors (Lipinski definition) is 9. The monoisotopic (exact) mass is 584 g/mol. The number of aliphatic imine (C=N–C) groups is 1. The number of hydrogen-bond donors (Lipinski definition) is 3. The van der Waals surface area contributed by atoms with Gasteiger partial charge in [0.2, 0.25) is 5.95 Å². The minimum atomic E-state index is -1.24. The molecule has 3 aromatic carbocycles. The molecule has 2 atom stereocenters. The Hall–Kier alpha value is -4.58. The third kappa shape index (κ3) is 5.62. The Morgan fingerprint density at radius 1 is 1.05 bits per heavy atom. The normalized spacial score (nSPS) is 18.1. The molecule has 0 saturated heterocycles. The number of hydroxylamine groups is 1. The average molecular weight is 585 g/mol. The standard InChI is InChI=1S/C32H33FN6O4/c1-4-7-27-25(16-20-10-12-21(13-11-20)23-8-5-6-9-24(23)29-36-32(41)43-37-29)30(40)38(31-34-18-35-39(27)31)22-14-15-28(26(33)17-22)42-19(2)3/h5-6,8-15,17-19,30,32,40-41H,4,7,16H2,1-3H3,(H,36,37). The fourth-order valence-electron chi connectivity index (χ4n) is 5.44. The maximum atomic E-state index is 15.0. The molecule has 3 heterocycles. The van der Waals surface area contributed by atoms with Crippen LogP contribution in [-0.2, 0) is 11.3 Å². The number of aliphatic hydroxyl groups excluding tert-OH is 2. The molecule has 6 rings (SSSR count). The van der Waals surface area contributed by atoms with Crippen molar-refractivity contribution >= 4 is 23.2 Å². The summed E-state index contributed by atoms with van der Waals surface area (Å²) in [6.07, 6.45) is 0.899. The molecule has 10 nitrogen and oxygen atoms in total. The van der Waals surface area contributed by atoms with Gasteiger partial charge in [-0.25, -0.2) is 24.4 Å². The number of allylic oxidation sites excluding steroid dienone is 1. The predicted octanol–water partition coefficient (Wildman–Crippen LogP) is 5.15. The summed E-state index contributed by atoms with van der Waals surface area (Å²) in [5.74, 6) is 0.498. The van der Waals surface area contributed by atoms with Gasteiger partial charge in [0, 0.05) is 22.9 Å². The van der Waals surface area contributed by atoms with Gasteiger partial charge in [-0.15, -0.1) is 0 Å². The van der Waals surface area contributed by atoms with Crippen LogP contribution < -0.4 is 15.1 Å². The molecule has 0 radical (unpaired) electrons. The number of nitrogens with one attached hydrogen (secondary N) is 1. The average Bonchev–Trinajstić information content (AvgIpc) is 3.66. The Morgan fingerprint density at radius 3 is 2.49 bits per heavy atom. The highest BCUT2D eigenvalue weighted by molar-refractivity contribution is 6.04. The number of halogens is 1. The van der Waals surface area contributed by atoms with Crippen LogP contribution in [0.25, 0.3) is 16.8 Å². The minimum Gasteiger partial charge on any atom is -0.488 e. The molecule has 4 aromatic rings. The van der Waals surface area contributed by atoms with Gasteiger partial charge >= 0.3 is 0 Å². The van der Waals surface area contributed by atoms with Gasteiger partial charge in [0.25, 0.3) is 6.41 Å². The van der Waals surface area contributed by atoms with E-state index in [4.69, 9.17) is 9.57 Å². The van der Waals surface area contributed by atoms with Gasteiger partial charge in [-0.1, -0.05) is 61.9 Å². The molecule has 0 bridgehead atoms. The lowest BCUT2D eigenvalue weighted by Gasteiger charge is -2.36. The van der Waals surface area contributed by atoms with Crippen LogP contribution in [0.2, 0.25) is 0 Å². The maximum absolute atomic E-state index is 15.0. The van der Waals surface area contributed by atoms with Crippen molar-refractivity contribution in [3.05, 3.63) is 95.6 Å². The molecule has 2 unspecified atom stereocenters. The van der Waals surface area contributed by atoms with Gasteiger partial charge in [-0.2, -0.15) is 10.1 Å². The zero-order valence-electron chi connectivity index (χ0n) is 24.1. The van der Waals surface area contributed by atoms with Crippen LogP contribution in [0.15, 0.2) is 83.6 Å². The number of amidine groups is 1. The van der Waals surface area contributed by atoms with E-state index in [0.717, 1.165) is 39.9 Å². The first-order chi connectivity index (χ1) is 20.8. The Bertz CT molecular complexity index is 1680. The number of fused-ring (bicyclic) bond motifs is 1. The third-order valence-electron chi connectivity index (χ3n) is 7.31. The van der Waals surface area contributed by atoms with E-state index in [9.17, 15) is 10.2 Å². The third-order valence-corrected chi connectivity index (χ3v) is 7.31. The maximum Gasteiger partial charge on any atom is 0.280 e. The van der Waals surface area contributed by atoms with E-state index in [0.29, 0.717) is 30.3 Å². The van der Waals surface area contributed by atoms with E-state index in [1.165, 1.54) is 12.4 Å². The van der Waals surface area contributed by atoms with E-state index in [-0.39, 0.29) is 11.9 Å². The van der Waals surface area contributed by atoms with Crippen molar-refractivity contribution in [2.45, 2.75) is 58.8 Å². The minimum absolute atomic E-state index is 0.148. The van der Waals surface area contributed by atoms with Crippen LogP contribution in [0.3, 0.4) is 0 Å². The highest BCUT2D eigenvalue weighted by Gasteiger charge is 2.35. The summed E-state index contributed by atoms with van der Waals surface area (Å²) >= 11 is 0. The summed E-state index contributed by atoms with van der Waals surface area (Å²) < 4.78 is 22.4. The summed E-state index contributed by atoms with van der Waals surface area (Å²) in [6, 6.07) is 20.4. The van der Waals surface area contributed by atoms with Crippen molar-refractivity contribution in [3.8, 4) is 16.9 Å². The molecule has 11 heteroatoms. The van der Waals surface area contributed by atoms with Crippen LogP contribution in [0, 0.1) is 5.82 Å². The van der Waals surface area contributed by atoms with E-state index in [1.807, 2.05) is 62.4 Å². The lowest BCUT2D eigenvalue weighted by molar-refractivity contribution is -0.102. The molecule has 2 aliphatic heterocycles. The summed E-state index contributed by atoms with van der Waals surface area (Å²) in [4.78, 5) is 15.1. The fourth-order valence-corrected chi connectivity index (χ4v) is 5.44. The van der Waals surface area contributed by atoms with Crippen molar-refractivity contribution in [1.82, 2.24) is 20.2 Å². The lowest BCUT2D eigenvalue weighted by Crippen LogP contribution is -2.40. The molecule has 0 fully saturated rings. The van der Waals surface area contributed by atoms with Crippen LogP contribution in [0.4, 0.5) is 16.0 Å². The molecule has 43 heavy (non-hydrogen) atoms. The first-order valence-corrected chi connectivity index (χ1v) is 14.3.